The van der Waals surface area contributed by atoms with Crippen LogP contribution in [-0.2, 0) is 28.5 Å². The average molecular weight is 500 g/mol. The SMILES string of the molecule is O=S(=O)(OCCOCCOCCOCCCCCCI)c1ccccc1. The Labute approximate surface area is 170 Å². The third kappa shape index (κ3) is 12.2. The first-order valence-corrected chi connectivity index (χ1v) is 11.8. The van der Waals surface area contributed by atoms with E-state index in [1.807, 2.05) is 0 Å². The molecule has 0 saturated carbocycles. The molecule has 0 radical (unpaired) electrons. The van der Waals surface area contributed by atoms with Crippen LogP contribution in [-0.4, -0.2) is 59.1 Å². The van der Waals surface area contributed by atoms with Gasteiger partial charge in [0, 0.05) is 6.61 Å². The van der Waals surface area contributed by atoms with Gasteiger partial charge in [-0.15, -0.1) is 0 Å². The normalized spacial score (nSPS) is 11.7. The number of halogens is 1. The van der Waals surface area contributed by atoms with Crippen LogP contribution in [0.3, 0.4) is 0 Å². The molecule has 0 fully saturated rings. The number of alkyl halides is 1. The van der Waals surface area contributed by atoms with Gasteiger partial charge in [0.1, 0.15) is 0 Å². The predicted molar refractivity (Wildman–Crippen MR) is 109 cm³/mol. The standard InChI is InChI=1S/C18H29IO6S/c19-10-6-1-2-7-11-22-12-13-23-14-15-24-16-17-25-26(20,21)18-8-4-3-5-9-18/h3-5,8-9H,1-2,6-7,10-17H2. The van der Waals surface area contributed by atoms with E-state index in [4.69, 9.17) is 18.4 Å². The summed E-state index contributed by atoms with van der Waals surface area (Å²) in [5.74, 6) is 0. The second kappa shape index (κ2) is 15.8. The Morgan fingerprint density at radius 2 is 1.23 bits per heavy atom. The van der Waals surface area contributed by atoms with Gasteiger partial charge in [-0.05, 0) is 29.4 Å². The summed E-state index contributed by atoms with van der Waals surface area (Å²) in [7, 11) is -3.71. The van der Waals surface area contributed by atoms with Crippen LogP contribution < -0.4 is 0 Å². The summed E-state index contributed by atoms with van der Waals surface area (Å²) in [4.78, 5) is 0.147. The molecule has 0 heterocycles. The zero-order valence-corrected chi connectivity index (χ0v) is 18.1. The second-order valence-corrected chi connectivity index (χ2v) is 8.22. The number of rotatable bonds is 17. The predicted octanol–water partition coefficient (Wildman–Crippen LogP) is 3.44. The second-order valence-electron chi connectivity index (χ2n) is 5.53. The molecule has 6 nitrogen and oxygen atoms in total. The average Bonchev–Trinajstić information content (AvgIpc) is 2.65. The molecule has 0 aromatic heterocycles. The van der Waals surface area contributed by atoms with E-state index in [0.29, 0.717) is 26.4 Å². The Hall–Kier alpha value is -0.260. The lowest BCUT2D eigenvalue weighted by atomic mass is 10.2. The number of hydrogen-bond acceptors (Lipinski definition) is 6. The van der Waals surface area contributed by atoms with E-state index in [9.17, 15) is 8.42 Å². The molecule has 1 rings (SSSR count). The van der Waals surface area contributed by atoms with Crippen molar-refractivity contribution in [2.75, 3.05) is 50.7 Å². The fourth-order valence-electron chi connectivity index (χ4n) is 2.05. The van der Waals surface area contributed by atoms with E-state index >= 15 is 0 Å². The van der Waals surface area contributed by atoms with Gasteiger partial charge in [0.2, 0.25) is 0 Å². The van der Waals surface area contributed by atoms with E-state index in [2.05, 4.69) is 22.6 Å². The maximum atomic E-state index is 11.8. The summed E-state index contributed by atoms with van der Waals surface area (Å²) in [6.45, 7) is 2.94. The molecule has 0 N–H and O–H groups in total. The molecular weight excluding hydrogens is 471 g/mol. The molecule has 0 aliphatic heterocycles. The molecule has 26 heavy (non-hydrogen) atoms. The maximum Gasteiger partial charge on any atom is 0.297 e. The topological polar surface area (TPSA) is 71.1 Å². The van der Waals surface area contributed by atoms with Crippen LogP contribution in [0.2, 0.25) is 0 Å². The van der Waals surface area contributed by atoms with E-state index in [1.165, 1.54) is 35.8 Å². The van der Waals surface area contributed by atoms with E-state index in [0.717, 1.165) is 13.0 Å². The van der Waals surface area contributed by atoms with Gasteiger partial charge < -0.3 is 14.2 Å². The highest BCUT2D eigenvalue weighted by atomic mass is 127. The maximum absolute atomic E-state index is 11.8. The van der Waals surface area contributed by atoms with Crippen LogP contribution in [0, 0.1) is 0 Å². The molecule has 0 atom stereocenters. The van der Waals surface area contributed by atoms with Crippen molar-refractivity contribution < 1.29 is 26.8 Å². The van der Waals surface area contributed by atoms with Crippen molar-refractivity contribution in [2.45, 2.75) is 30.6 Å². The third-order valence-corrected chi connectivity index (χ3v) is 5.50. The fraction of sp³-hybridized carbons (Fsp3) is 0.667. The monoisotopic (exact) mass is 500 g/mol. The van der Waals surface area contributed by atoms with Crippen LogP contribution in [0.15, 0.2) is 35.2 Å². The van der Waals surface area contributed by atoms with Gasteiger partial charge in [0.15, 0.2) is 0 Å². The number of hydrogen-bond donors (Lipinski definition) is 0. The van der Waals surface area contributed by atoms with Crippen molar-refractivity contribution in [3.63, 3.8) is 0 Å². The fourth-order valence-corrected chi connectivity index (χ4v) is 3.51. The van der Waals surface area contributed by atoms with E-state index in [-0.39, 0.29) is 18.1 Å². The molecule has 0 bridgehead atoms. The van der Waals surface area contributed by atoms with Crippen molar-refractivity contribution in [3.8, 4) is 0 Å². The molecular formula is C18H29IO6S. The van der Waals surface area contributed by atoms with Gasteiger partial charge in [-0.1, -0.05) is 53.6 Å². The quantitative estimate of drug-likeness (QED) is 0.141. The van der Waals surface area contributed by atoms with Crippen LogP contribution >= 0.6 is 22.6 Å². The van der Waals surface area contributed by atoms with Crippen molar-refractivity contribution >= 4 is 32.7 Å². The lowest BCUT2D eigenvalue weighted by Crippen LogP contribution is -2.14. The molecule has 150 valence electrons. The van der Waals surface area contributed by atoms with Crippen LogP contribution in [0.5, 0.6) is 0 Å². The smallest absolute Gasteiger partial charge is 0.297 e. The number of ether oxygens (including phenoxy) is 3. The van der Waals surface area contributed by atoms with Crippen molar-refractivity contribution in [2.24, 2.45) is 0 Å². The summed E-state index contributed by atoms with van der Waals surface area (Å²) < 4.78 is 46.0. The number of unbranched alkanes of at least 4 members (excludes halogenated alkanes) is 3. The Morgan fingerprint density at radius 3 is 1.85 bits per heavy atom. The van der Waals surface area contributed by atoms with Crippen LogP contribution in [0.25, 0.3) is 0 Å². The highest BCUT2D eigenvalue weighted by Crippen LogP contribution is 2.10. The Bertz CT molecular complexity index is 538. The minimum atomic E-state index is -3.71. The molecule has 0 aliphatic rings. The third-order valence-electron chi connectivity index (χ3n) is 3.41. The van der Waals surface area contributed by atoms with Crippen LogP contribution in [0.1, 0.15) is 25.7 Å². The molecule has 0 saturated heterocycles. The first-order valence-electron chi connectivity index (χ1n) is 8.90. The van der Waals surface area contributed by atoms with E-state index in [1.54, 1.807) is 18.2 Å². The largest absolute Gasteiger partial charge is 0.379 e. The van der Waals surface area contributed by atoms with Crippen molar-refractivity contribution in [1.29, 1.82) is 0 Å². The Morgan fingerprint density at radius 1 is 0.692 bits per heavy atom. The van der Waals surface area contributed by atoms with E-state index < -0.39 is 10.1 Å². The highest BCUT2D eigenvalue weighted by molar-refractivity contribution is 14.1. The molecule has 0 aliphatic carbocycles. The summed E-state index contributed by atoms with van der Waals surface area (Å²) in [6, 6.07) is 8.05. The molecule has 0 spiro atoms. The summed E-state index contributed by atoms with van der Waals surface area (Å²) in [5, 5.41) is 0. The van der Waals surface area contributed by atoms with Gasteiger partial charge in [-0.25, -0.2) is 0 Å². The minimum absolute atomic E-state index is 0.0160. The zero-order chi connectivity index (χ0) is 18.9. The summed E-state index contributed by atoms with van der Waals surface area (Å²) >= 11 is 2.40. The molecule has 1 aromatic carbocycles. The molecule has 0 unspecified atom stereocenters. The van der Waals surface area contributed by atoms with Crippen LogP contribution in [0.4, 0.5) is 0 Å². The van der Waals surface area contributed by atoms with Gasteiger partial charge in [0.05, 0.1) is 44.5 Å². The highest BCUT2D eigenvalue weighted by Gasteiger charge is 2.13. The van der Waals surface area contributed by atoms with Gasteiger partial charge in [-0.3, -0.25) is 4.18 Å². The summed E-state index contributed by atoms with van der Waals surface area (Å²) in [6.07, 6.45) is 4.88. The lowest BCUT2D eigenvalue weighted by molar-refractivity contribution is 0.00913. The lowest BCUT2D eigenvalue weighted by Gasteiger charge is -2.08. The molecule has 0 amide bonds. The zero-order valence-electron chi connectivity index (χ0n) is 15.1. The number of benzene rings is 1. The first kappa shape index (κ1) is 23.8. The van der Waals surface area contributed by atoms with Gasteiger partial charge >= 0.3 is 0 Å². The van der Waals surface area contributed by atoms with Gasteiger partial charge in [0.25, 0.3) is 10.1 Å². The Kier molecular flexibility index (Phi) is 14.4. The van der Waals surface area contributed by atoms with Crippen molar-refractivity contribution in [3.05, 3.63) is 30.3 Å². The first-order chi connectivity index (χ1) is 12.7. The van der Waals surface area contributed by atoms with Gasteiger partial charge in [-0.2, -0.15) is 8.42 Å². The van der Waals surface area contributed by atoms with Crippen molar-refractivity contribution in [1.82, 2.24) is 0 Å². The minimum Gasteiger partial charge on any atom is -0.379 e. The Balaban J connectivity index is 1.87. The molecule has 8 heteroatoms. The molecule has 1 aromatic rings. The summed E-state index contributed by atoms with van der Waals surface area (Å²) in [5.41, 5.74) is 0.